The Balaban J connectivity index is 3.47. The highest BCUT2D eigenvalue weighted by molar-refractivity contribution is 7.86. The minimum absolute atomic E-state index is 0.00134. The minimum Gasteiger partial charge on any atom is -0.389 e. The van der Waals surface area contributed by atoms with Gasteiger partial charge in [-0.3, -0.25) is 9.11 Å². The molecule has 0 aliphatic rings. The zero-order valence-corrected chi connectivity index (χ0v) is 11.9. The van der Waals surface area contributed by atoms with Crippen LogP contribution in [0.25, 0.3) is 0 Å². The summed E-state index contributed by atoms with van der Waals surface area (Å²) in [6, 6.07) is 0. The Morgan fingerprint density at radius 3 is 2.16 bits per heavy atom. The predicted octanol–water partition coefficient (Wildman–Crippen LogP) is -1.88. The third-order valence-electron chi connectivity index (χ3n) is 1.92. The van der Waals surface area contributed by atoms with Gasteiger partial charge in [0.05, 0.1) is 24.2 Å². The van der Waals surface area contributed by atoms with Crippen molar-refractivity contribution < 1.29 is 35.8 Å². The summed E-state index contributed by atoms with van der Waals surface area (Å²) >= 11 is 0. The Hall–Kier alpha value is -0.300. The first kappa shape index (κ1) is 18.7. The third kappa shape index (κ3) is 15.6. The highest BCUT2D eigenvalue weighted by Crippen LogP contribution is 1.91. The number of rotatable bonds is 11. The van der Waals surface area contributed by atoms with E-state index in [4.69, 9.17) is 13.8 Å². The fraction of sp³-hybridized carbons (Fsp3) is 1.00. The van der Waals surface area contributed by atoms with E-state index in [0.717, 1.165) is 0 Å². The van der Waals surface area contributed by atoms with Crippen molar-refractivity contribution in [2.45, 2.75) is 12.5 Å². The van der Waals surface area contributed by atoms with Gasteiger partial charge in [0, 0.05) is 19.7 Å². The average Bonchev–Trinajstić information content (AvgIpc) is 2.21. The van der Waals surface area contributed by atoms with Crippen molar-refractivity contribution in [2.24, 2.45) is 0 Å². The van der Waals surface area contributed by atoms with E-state index >= 15 is 0 Å². The molecule has 0 aliphatic heterocycles. The molecule has 0 radical (unpaired) electrons. The molecule has 0 spiro atoms. The molecular weight excluding hydrogens is 302 g/mol. The summed E-state index contributed by atoms with van der Waals surface area (Å²) in [7, 11) is -8.01. The number of nitrogens with one attached hydrogen (secondary N) is 1. The van der Waals surface area contributed by atoms with Gasteiger partial charge in [0.1, 0.15) is 0 Å². The van der Waals surface area contributed by atoms with Gasteiger partial charge in [-0.1, -0.05) is 0 Å². The van der Waals surface area contributed by atoms with Gasteiger partial charge < -0.3 is 15.2 Å². The lowest BCUT2D eigenvalue weighted by molar-refractivity contribution is 0.0377. The second kappa shape index (κ2) is 8.79. The maximum absolute atomic E-state index is 10.4. The number of ether oxygens (including phenoxy) is 1. The second-order valence-corrected chi connectivity index (χ2v) is 7.00. The molecule has 0 bridgehead atoms. The van der Waals surface area contributed by atoms with Gasteiger partial charge in [-0.05, 0) is 6.42 Å². The Kier molecular flexibility index (Phi) is 8.65. The van der Waals surface area contributed by atoms with Crippen LogP contribution >= 0.6 is 0 Å². The lowest BCUT2D eigenvalue weighted by Gasteiger charge is -2.11. The monoisotopic (exact) mass is 321 g/mol. The lowest BCUT2D eigenvalue weighted by Crippen LogP contribution is -2.33. The molecule has 19 heavy (non-hydrogen) atoms. The highest BCUT2D eigenvalue weighted by Gasteiger charge is 2.07. The molecule has 1 unspecified atom stereocenters. The first-order chi connectivity index (χ1) is 8.60. The largest absolute Gasteiger partial charge is 0.389 e. The summed E-state index contributed by atoms with van der Waals surface area (Å²) < 4.78 is 63.2. The molecule has 0 aromatic carbocycles. The van der Waals surface area contributed by atoms with Gasteiger partial charge in [-0.15, -0.1) is 0 Å². The Bertz CT molecular complexity index is 432. The van der Waals surface area contributed by atoms with Crippen LogP contribution in [0.3, 0.4) is 0 Å². The van der Waals surface area contributed by atoms with Crippen molar-refractivity contribution in [3.8, 4) is 0 Å². The first-order valence-corrected chi connectivity index (χ1v) is 8.69. The van der Waals surface area contributed by atoms with Gasteiger partial charge in [-0.25, -0.2) is 0 Å². The van der Waals surface area contributed by atoms with Crippen LogP contribution in [0.1, 0.15) is 6.42 Å². The maximum atomic E-state index is 10.4. The topological polar surface area (TPSA) is 150 Å². The summed E-state index contributed by atoms with van der Waals surface area (Å²) in [6.45, 7) is 0.0959. The van der Waals surface area contributed by atoms with Crippen molar-refractivity contribution >= 4 is 20.2 Å². The van der Waals surface area contributed by atoms with E-state index in [9.17, 15) is 21.9 Å². The summed E-state index contributed by atoms with van der Waals surface area (Å²) in [5, 5.41) is 12.0. The van der Waals surface area contributed by atoms with Crippen LogP contribution in [0.15, 0.2) is 0 Å². The number of hydrogen-bond acceptors (Lipinski definition) is 7. The smallest absolute Gasteiger partial charge is 0.266 e. The zero-order valence-electron chi connectivity index (χ0n) is 10.2. The fourth-order valence-corrected chi connectivity index (χ4v) is 1.98. The molecular formula is C8H19NO8S2. The second-order valence-electron chi connectivity index (χ2n) is 3.86. The molecule has 0 rings (SSSR count). The van der Waals surface area contributed by atoms with Gasteiger partial charge in [0.25, 0.3) is 20.2 Å². The van der Waals surface area contributed by atoms with Crippen LogP contribution < -0.4 is 5.32 Å². The number of hydrogen-bond donors (Lipinski definition) is 4. The van der Waals surface area contributed by atoms with E-state index in [2.05, 4.69) is 5.32 Å². The van der Waals surface area contributed by atoms with Crippen LogP contribution in [-0.2, 0) is 25.0 Å². The standard InChI is InChI=1S/C8H19NO8S2/c10-8(6-9-2-5-19(14,15)16)7-17-3-1-4-18(11,12)13/h8-10H,1-7H2,(H,11,12,13)(H,14,15,16). The molecule has 0 saturated heterocycles. The quantitative estimate of drug-likeness (QED) is 0.253. The molecule has 0 saturated carbocycles. The van der Waals surface area contributed by atoms with E-state index in [0.29, 0.717) is 0 Å². The van der Waals surface area contributed by atoms with Gasteiger partial charge in [0.2, 0.25) is 0 Å². The number of aliphatic hydroxyl groups excluding tert-OH is 1. The van der Waals surface area contributed by atoms with Crippen LogP contribution in [0, 0.1) is 0 Å². The van der Waals surface area contributed by atoms with Crippen LogP contribution in [0.2, 0.25) is 0 Å². The summed E-state index contributed by atoms with van der Waals surface area (Å²) in [6.07, 6.45) is -0.769. The van der Waals surface area contributed by atoms with Crippen molar-refractivity contribution in [1.29, 1.82) is 0 Å². The molecule has 0 aliphatic carbocycles. The van der Waals surface area contributed by atoms with E-state index in [-0.39, 0.29) is 32.7 Å². The van der Waals surface area contributed by atoms with E-state index in [1.54, 1.807) is 0 Å². The Labute approximate surface area is 112 Å². The van der Waals surface area contributed by atoms with Crippen molar-refractivity contribution in [3.63, 3.8) is 0 Å². The van der Waals surface area contributed by atoms with E-state index < -0.39 is 37.8 Å². The third-order valence-corrected chi connectivity index (χ3v) is 3.44. The number of aliphatic hydroxyl groups is 1. The molecule has 0 heterocycles. The summed E-state index contributed by atoms with van der Waals surface area (Å²) in [5.74, 6) is -0.857. The van der Waals surface area contributed by atoms with Crippen LogP contribution in [0.4, 0.5) is 0 Å². The molecule has 0 aromatic heterocycles. The fourth-order valence-electron chi connectivity index (χ4n) is 1.09. The average molecular weight is 321 g/mol. The first-order valence-electron chi connectivity index (χ1n) is 5.47. The normalized spacial score (nSPS) is 14.5. The maximum Gasteiger partial charge on any atom is 0.266 e. The molecule has 4 N–H and O–H groups in total. The van der Waals surface area contributed by atoms with Gasteiger partial charge >= 0.3 is 0 Å². The molecule has 9 nitrogen and oxygen atoms in total. The SMILES string of the molecule is O=S(=O)(O)CCCOCC(O)CNCCS(=O)(=O)O. The van der Waals surface area contributed by atoms with Crippen molar-refractivity contribution in [2.75, 3.05) is 37.8 Å². The van der Waals surface area contributed by atoms with Gasteiger partial charge in [-0.2, -0.15) is 16.8 Å². The van der Waals surface area contributed by atoms with Gasteiger partial charge in [0.15, 0.2) is 0 Å². The summed E-state index contributed by atoms with van der Waals surface area (Å²) in [5.41, 5.74) is 0. The van der Waals surface area contributed by atoms with E-state index in [1.807, 2.05) is 0 Å². The van der Waals surface area contributed by atoms with Crippen molar-refractivity contribution in [1.82, 2.24) is 5.32 Å². The molecule has 116 valence electrons. The molecule has 1 atom stereocenters. The molecule has 0 amide bonds. The predicted molar refractivity (Wildman–Crippen MR) is 67.1 cm³/mol. The molecule has 0 aromatic rings. The van der Waals surface area contributed by atoms with E-state index in [1.165, 1.54) is 0 Å². The van der Waals surface area contributed by atoms with Crippen LogP contribution in [0.5, 0.6) is 0 Å². The molecule has 11 heteroatoms. The Morgan fingerprint density at radius 2 is 1.63 bits per heavy atom. The molecule has 0 fully saturated rings. The van der Waals surface area contributed by atoms with Crippen molar-refractivity contribution in [3.05, 3.63) is 0 Å². The minimum atomic E-state index is -4.02. The highest BCUT2D eigenvalue weighted by atomic mass is 32.2. The lowest BCUT2D eigenvalue weighted by atomic mass is 10.4. The van der Waals surface area contributed by atoms with Crippen LogP contribution in [-0.4, -0.2) is 75.0 Å². The zero-order chi connectivity index (χ0) is 14.9. The Morgan fingerprint density at radius 1 is 1.05 bits per heavy atom. The summed E-state index contributed by atoms with van der Waals surface area (Å²) in [4.78, 5) is 0.